The van der Waals surface area contributed by atoms with Gasteiger partial charge in [-0.15, -0.1) is 0 Å². The molecule has 0 spiro atoms. The molecule has 5 heteroatoms. The lowest BCUT2D eigenvalue weighted by atomic mass is 9.78. The Balaban J connectivity index is 1.36. The summed E-state index contributed by atoms with van der Waals surface area (Å²) in [5.74, 6) is 1.12. The van der Waals surface area contributed by atoms with Gasteiger partial charge in [-0.2, -0.15) is 13.2 Å². The molecule has 5 atom stereocenters. The third-order valence-electron chi connectivity index (χ3n) is 5.98. The fraction of sp³-hybridized carbons (Fsp3) is 0.350. The van der Waals surface area contributed by atoms with Crippen LogP contribution < -0.4 is 0 Å². The number of hydrogen-bond acceptors (Lipinski definition) is 2. The molecule has 0 amide bonds. The molecule has 0 heterocycles. The van der Waals surface area contributed by atoms with Crippen LogP contribution in [-0.4, -0.2) is 12.1 Å². The molecule has 128 valence electrons. The number of ether oxygens (including phenoxy) is 1. The van der Waals surface area contributed by atoms with E-state index in [2.05, 4.69) is 12.1 Å². The number of carbonyl (C=O) groups is 1. The average Bonchev–Trinajstić information content (AvgIpc) is 3.24. The maximum atomic E-state index is 12.6. The minimum atomic E-state index is -4.40. The Morgan fingerprint density at radius 3 is 2.36 bits per heavy atom. The van der Waals surface area contributed by atoms with Gasteiger partial charge in [0.05, 0.1) is 11.1 Å². The third kappa shape index (κ3) is 2.14. The summed E-state index contributed by atoms with van der Waals surface area (Å²) in [5, 5.41) is 0. The highest BCUT2D eigenvalue weighted by Gasteiger charge is 2.68. The van der Waals surface area contributed by atoms with E-state index >= 15 is 0 Å². The molecule has 3 aliphatic rings. The normalized spacial score (nSPS) is 31.4. The van der Waals surface area contributed by atoms with Gasteiger partial charge >= 0.3 is 12.1 Å². The van der Waals surface area contributed by atoms with E-state index in [1.807, 2.05) is 12.1 Å². The van der Waals surface area contributed by atoms with Gasteiger partial charge in [0, 0.05) is 11.8 Å². The van der Waals surface area contributed by atoms with Gasteiger partial charge < -0.3 is 4.74 Å². The van der Waals surface area contributed by atoms with Crippen LogP contribution in [0.5, 0.6) is 0 Å². The largest absolute Gasteiger partial charge is 0.458 e. The summed E-state index contributed by atoms with van der Waals surface area (Å²) >= 11 is 0. The van der Waals surface area contributed by atoms with Crippen LogP contribution in [0, 0.1) is 11.8 Å². The van der Waals surface area contributed by atoms with Crippen molar-refractivity contribution in [1.82, 2.24) is 0 Å². The van der Waals surface area contributed by atoms with Crippen molar-refractivity contribution in [3.63, 3.8) is 0 Å². The number of fused-ring (bicyclic) bond motifs is 5. The Kier molecular flexibility index (Phi) is 2.92. The van der Waals surface area contributed by atoms with E-state index in [4.69, 9.17) is 4.74 Å². The van der Waals surface area contributed by atoms with Gasteiger partial charge in [0.2, 0.25) is 0 Å². The fourth-order valence-electron chi connectivity index (χ4n) is 4.89. The number of benzene rings is 2. The zero-order valence-electron chi connectivity index (χ0n) is 13.2. The molecule has 3 aliphatic carbocycles. The molecule has 2 bridgehead atoms. The lowest BCUT2D eigenvalue weighted by molar-refractivity contribution is -0.137. The minimum absolute atomic E-state index is 0.153. The number of alkyl halides is 3. The molecule has 0 radical (unpaired) electrons. The van der Waals surface area contributed by atoms with Crippen molar-refractivity contribution in [1.29, 1.82) is 0 Å². The Labute approximate surface area is 142 Å². The predicted octanol–water partition coefficient (Wildman–Crippen LogP) is 4.76. The van der Waals surface area contributed by atoms with E-state index in [0.29, 0.717) is 17.8 Å². The van der Waals surface area contributed by atoms with Crippen molar-refractivity contribution in [3.05, 3.63) is 70.8 Å². The molecular weight excluding hydrogens is 329 g/mol. The molecule has 5 rings (SSSR count). The van der Waals surface area contributed by atoms with Gasteiger partial charge in [-0.05, 0) is 53.6 Å². The first-order chi connectivity index (χ1) is 11.9. The number of hydrogen-bond donors (Lipinski definition) is 0. The topological polar surface area (TPSA) is 26.3 Å². The maximum Gasteiger partial charge on any atom is 0.416 e. The molecule has 2 saturated carbocycles. The fourth-order valence-corrected chi connectivity index (χ4v) is 4.89. The summed E-state index contributed by atoms with van der Waals surface area (Å²) in [6, 6.07) is 12.5. The van der Waals surface area contributed by atoms with E-state index in [-0.39, 0.29) is 17.6 Å². The molecule has 2 nitrogen and oxygen atoms in total. The number of rotatable bonds is 2. The highest BCUT2D eigenvalue weighted by atomic mass is 19.4. The van der Waals surface area contributed by atoms with Crippen molar-refractivity contribution in [3.8, 4) is 0 Å². The lowest BCUT2D eigenvalue weighted by Crippen LogP contribution is -2.29. The maximum absolute atomic E-state index is 12.6. The van der Waals surface area contributed by atoms with Gasteiger partial charge in [-0.25, -0.2) is 4.79 Å². The second-order valence-corrected chi connectivity index (χ2v) is 7.18. The highest BCUT2D eigenvalue weighted by molar-refractivity contribution is 5.89. The van der Waals surface area contributed by atoms with Crippen LogP contribution in [0.25, 0.3) is 0 Å². The van der Waals surface area contributed by atoms with Crippen molar-refractivity contribution >= 4 is 5.97 Å². The summed E-state index contributed by atoms with van der Waals surface area (Å²) in [6.45, 7) is 0. The Hall–Kier alpha value is -2.30. The number of halogens is 3. The molecular formula is C20H15F3O2. The highest BCUT2D eigenvalue weighted by Crippen LogP contribution is 2.72. The van der Waals surface area contributed by atoms with Crippen LogP contribution in [-0.2, 0) is 10.9 Å². The van der Waals surface area contributed by atoms with E-state index in [1.165, 1.54) is 23.3 Å². The average molecular weight is 344 g/mol. The molecule has 0 saturated heterocycles. The summed E-state index contributed by atoms with van der Waals surface area (Å²) in [4.78, 5) is 12.4. The predicted molar refractivity (Wildman–Crippen MR) is 84.2 cm³/mol. The Morgan fingerprint density at radius 1 is 1.00 bits per heavy atom. The van der Waals surface area contributed by atoms with Gasteiger partial charge in [-0.3, -0.25) is 0 Å². The van der Waals surface area contributed by atoms with Gasteiger partial charge in [0.25, 0.3) is 0 Å². The first-order valence-corrected chi connectivity index (χ1v) is 8.42. The quantitative estimate of drug-likeness (QED) is 0.734. The summed E-state index contributed by atoms with van der Waals surface area (Å²) < 4.78 is 43.6. The minimum Gasteiger partial charge on any atom is -0.458 e. The molecule has 0 aliphatic heterocycles. The van der Waals surface area contributed by atoms with Crippen molar-refractivity contribution < 1.29 is 22.7 Å². The smallest absolute Gasteiger partial charge is 0.416 e. The summed E-state index contributed by atoms with van der Waals surface area (Å²) in [7, 11) is 0. The van der Waals surface area contributed by atoms with E-state index in [0.717, 1.165) is 18.6 Å². The first kappa shape index (κ1) is 15.0. The molecule has 25 heavy (non-hydrogen) atoms. The van der Waals surface area contributed by atoms with E-state index in [9.17, 15) is 18.0 Å². The van der Waals surface area contributed by atoms with E-state index < -0.39 is 17.7 Å². The van der Waals surface area contributed by atoms with Gasteiger partial charge in [0.15, 0.2) is 0 Å². The standard InChI is InChI=1S/C20H15F3O2/c21-20(22,23)11-7-5-10(6-8-11)19(24)25-18-14-9-15-16(17(15)18)13-4-2-1-3-12(13)14/h1-8,14-18H,9H2/t14-,15?,16-,17+,18-/m0/s1. The zero-order valence-corrected chi connectivity index (χ0v) is 13.2. The monoisotopic (exact) mass is 344 g/mol. The van der Waals surface area contributed by atoms with Crippen molar-refractivity contribution in [2.75, 3.05) is 0 Å². The molecule has 2 aromatic rings. The Bertz CT molecular complexity index is 856. The first-order valence-electron chi connectivity index (χ1n) is 8.42. The van der Waals surface area contributed by atoms with Crippen LogP contribution in [0.15, 0.2) is 48.5 Å². The third-order valence-corrected chi connectivity index (χ3v) is 5.98. The van der Waals surface area contributed by atoms with Crippen LogP contribution in [0.4, 0.5) is 13.2 Å². The van der Waals surface area contributed by atoms with Crippen LogP contribution in [0.3, 0.4) is 0 Å². The summed E-state index contributed by atoms with van der Waals surface area (Å²) in [6.07, 6.45) is -3.52. The SMILES string of the molecule is O=C(O[C@@H]1[C@@H]2C3C[C@H]1c1ccccc1[C@@H]32)c1ccc(C(F)(F)F)cc1. The van der Waals surface area contributed by atoms with Crippen LogP contribution in [0.1, 0.15) is 45.3 Å². The number of carbonyl (C=O) groups excluding carboxylic acids is 1. The second-order valence-electron chi connectivity index (χ2n) is 7.18. The molecule has 2 aromatic carbocycles. The lowest BCUT2D eigenvalue weighted by Gasteiger charge is -2.32. The van der Waals surface area contributed by atoms with Gasteiger partial charge in [0.1, 0.15) is 6.10 Å². The van der Waals surface area contributed by atoms with Crippen molar-refractivity contribution in [2.45, 2.75) is 30.5 Å². The zero-order chi connectivity index (χ0) is 17.3. The Morgan fingerprint density at radius 2 is 1.68 bits per heavy atom. The van der Waals surface area contributed by atoms with Crippen LogP contribution in [0.2, 0.25) is 0 Å². The second kappa shape index (κ2) is 4.87. The summed E-state index contributed by atoms with van der Waals surface area (Å²) in [5.41, 5.74) is 2.06. The number of esters is 1. The van der Waals surface area contributed by atoms with E-state index in [1.54, 1.807) is 0 Å². The molecule has 2 fully saturated rings. The molecule has 0 aromatic heterocycles. The van der Waals surface area contributed by atoms with Crippen LogP contribution >= 0.6 is 0 Å². The molecule has 1 unspecified atom stereocenters. The molecule has 0 N–H and O–H groups in total. The van der Waals surface area contributed by atoms with Crippen molar-refractivity contribution in [2.24, 2.45) is 11.8 Å². The van der Waals surface area contributed by atoms with Gasteiger partial charge in [-0.1, -0.05) is 24.3 Å².